The van der Waals surface area contributed by atoms with E-state index in [9.17, 15) is 13.6 Å². The summed E-state index contributed by atoms with van der Waals surface area (Å²) >= 11 is 3.19. The Kier molecular flexibility index (Phi) is 3.42. The smallest absolute Gasteiger partial charge is 0.309 e. The third kappa shape index (κ3) is 2.40. The van der Waals surface area contributed by atoms with Crippen LogP contribution in [0.15, 0.2) is 22.7 Å². The lowest BCUT2D eigenvalue weighted by Gasteiger charge is -1.99. The minimum absolute atomic E-state index is 0.239. The molecule has 0 amide bonds. The van der Waals surface area contributed by atoms with Crippen LogP contribution >= 0.6 is 15.9 Å². The van der Waals surface area contributed by atoms with Crippen LogP contribution in [-0.2, 0) is 11.2 Å². The van der Waals surface area contributed by atoms with Crippen LogP contribution in [0.3, 0.4) is 0 Å². The molecule has 0 aliphatic carbocycles. The average molecular weight is 317 g/mol. The fraction of sp³-hybridized carbons (Fsp3) is 0.0909. The van der Waals surface area contributed by atoms with Crippen LogP contribution < -0.4 is 0 Å². The van der Waals surface area contributed by atoms with E-state index < -0.39 is 17.6 Å². The summed E-state index contributed by atoms with van der Waals surface area (Å²) in [7, 11) is 0. The second-order valence-electron chi connectivity index (χ2n) is 3.56. The van der Waals surface area contributed by atoms with Crippen molar-refractivity contribution in [1.29, 1.82) is 0 Å². The molecule has 2 aromatic rings. The number of hydrogen-bond acceptors (Lipinski definition) is 2. The third-order valence-electron chi connectivity index (χ3n) is 2.30. The van der Waals surface area contributed by atoms with Gasteiger partial charge in [-0.3, -0.25) is 9.89 Å². The van der Waals surface area contributed by atoms with Gasteiger partial charge in [0.15, 0.2) is 11.6 Å². The minimum Gasteiger partial charge on any atom is -0.481 e. The molecule has 94 valence electrons. The van der Waals surface area contributed by atoms with Crippen molar-refractivity contribution in [3.8, 4) is 11.3 Å². The Balaban J connectivity index is 2.42. The zero-order valence-corrected chi connectivity index (χ0v) is 10.5. The predicted octanol–water partition coefficient (Wildman–Crippen LogP) is 2.74. The van der Waals surface area contributed by atoms with Crippen molar-refractivity contribution in [2.45, 2.75) is 6.42 Å². The van der Waals surface area contributed by atoms with Gasteiger partial charge in [0.25, 0.3) is 0 Å². The van der Waals surface area contributed by atoms with Gasteiger partial charge < -0.3 is 5.11 Å². The number of carbonyl (C=O) groups is 1. The molecule has 2 N–H and O–H groups in total. The van der Waals surface area contributed by atoms with E-state index in [4.69, 9.17) is 5.11 Å². The fourth-order valence-corrected chi connectivity index (χ4v) is 2.01. The number of halogens is 3. The third-order valence-corrected chi connectivity index (χ3v) is 3.15. The van der Waals surface area contributed by atoms with Crippen LogP contribution in [0.25, 0.3) is 11.3 Å². The van der Waals surface area contributed by atoms with Crippen LogP contribution in [-0.4, -0.2) is 21.3 Å². The summed E-state index contributed by atoms with van der Waals surface area (Å²) in [6, 6.07) is 3.35. The van der Waals surface area contributed by atoms with E-state index in [1.165, 1.54) is 6.07 Å². The molecular weight excluding hydrogens is 310 g/mol. The van der Waals surface area contributed by atoms with Gasteiger partial charge in [0.1, 0.15) is 5.69 Å². The standard InChI is InChI=1S/C11H7BrF2N2O2/c12-10-8(4-9(17)18)15-16-11(10)5-1-2-6(13)7(14)3-5/h1-3H,4H2,(H,15,16)(H,17,18). The van der Waals surface area contributed by atoms with E-state index >= 15 is 0 Å². The molecule has 0 bridgehead atoms. The van der Waals surface area contributed by atoms with E-state index in [0.29, 0.717) is 21.4 Å². The molecule has 0 spiro atoms. The lowest BCUT2D eigenvalue weighted by Crippen LogP contribution is -2.00. The Morgan fingerprint density at radius 3 is 2.72 bits per heavy atom. The van der Waals surface area contributed by atoms with Crippen LogP contribution in [0.4, 0.5) is 8.78 Å². The Morgan fingerprint density at radius 2 is 2.11 bits per heavy atom. The second kappa shape index (κ2) is 4.85. The van der Waals surface area contributed by atoms with Gasteiger partial charge >= 0.3 is 5.97 Å². The topological polar surface area (TPSA) is 66.0 Å². The van der Waals surface area contributed by atoms with Gasteiger partial charge in [0.05, 0.1) is 16.6 Å². The maximum atomic E-state index is 13.1. The Labute approximate surface area is 109 Å². The first-order chi connectivity index (χ1) is 8.49. The van der Waals surface area contributed by atoms with Crippen molar-refractivity contribution in [2.75, 3.05) is 0 Å². The molecular formula is C11H7BrF2N2O2. The van der Waals surface area contributed by atoms with Gasteiger partial charge in [-0.2, -0.15) is 5.10 Å². The van der Waals surface area contributed by atoms with E-state index in [0.717, 1.165) is 12.1 Å². The molecule has 1 heterocycles. The van der Waals surface area contributed by atoms with Crippen LogP contribution in [0.1, 0.15) is 5.69 Å². The zero-order valence-electron chi connectivity index (χ0n) is 8.88. The molecule has 0 atom stereocenters. The van der Waals surface area contributed by atoms with E-state index in [1.54, 1.807) is 0 Å². The monoisotopic (exact) mass is 316 g/mol. The number of carboxylic acid groups (broad SMARTS) is 1. The number of carboxylic acids is 1. The average Bonchev–Trinajstić information content (AvgIpc) is 2.64. The first-order valence-corrected chi connectivity index (χ1v) is 5.68. The lowest BCUT2D eigenvalue weighted by molar-refractivity contribution is -0.136. The highest BCUT2D eigenvalue weighted by molar-refractivity contribution is 9.10. The van der Waals surface area contributed by atoms with Gasteiger partial charge in [-0.15, -0.1) is 0 Å². The van der Waals surface area contributed by atoms with E-state index in [1.807, 2.05) is 0 Å². The summed E-state index contributed by atoms with van der Waals surface area (Å²) < 4.78 is 26.3. The first kappa shape index (κ1) is 12.7. The number of H-pyrrole nitrogens is 1. The molecule has 0 aliphatic rings. The van der Waals surface area contributed by atoms with Gasteiger partial charge in [-0.1, -0.05) is 0 Å². The molecule has 1 aromatic carbocycles. The van der Waals surface area contributed by atoms with E-state index in [2.05, 4.69) is 26.1 Å². The summed E-state index contributed by atoms with van der Waals surface area (Å²) in [5, 5.41) is 15.1. The molecule has 0 saturated carbocycles. The summed E-state index contributed by atoms with van der Waals surface area (Å²) in [6.45, 7) is 0. The molecule has 18 heavy (non-hydrogen) atoms. The van der Waals surface area contributed by atoms with Gasteiger partial charge in [-0.25, -0.2) is 8.78 Å². The highest BCUT2D eigenvalue weighted by Crippen LogP contribution is 2.29. The molecule has 0 aliphatic heterocycles. The van der Waals surface area contributed by atoms with Crippen LogP contribution in [0.5, 0.6) is 0 Å². The van der Waals surface area contributed by atoms with Crippen LogP contribution in [0, 0.1) is 11.6 Å². The summed E-state index contributed by atoms with van der Waals surface area (Å²) in [6.07, 6.45) is -0.239. The molecule has 0 fully saturated rings. The maximum Gasteiger partial charge on any atom is 0.309 e. The van der Waals surface area contributed by atoms with Crippen molar-refractivity contribution in [3.63, 3.8) is 0 Å². The molecule has 7 heteroatoms. The van der Waals surface area contributed by atoms with Crippen molar-refractivity contribution in [3.05, 3.63) is 40.0 Å². The Hall–Kier alpha value is -1.76. The predicted molar refractivity (Wildman–Crippen MR) is 63.0 cm³/mol. The second-order valence-corrected chi connectivity index (χ2v) is 4.36. The number of benzene rings is 1. The summed E-state index contributed by atoms with van der Waals surface area (Å²) in [5.41, 5.74) is 1.06. The highest BCUT2D eigenvalue weighted by Gasteiger charge is 2.15. The first-order valence-electron chi connectivity index (χ1n) is 4.89. The molecule has 4 nitrogen and oxygen atoms in total. The number of aliphatic carboxylic acids is 1. The largest absolute Gasteiger partial charge is 0.481 e. The molecule has 2 rings (SSSR count). The van der Waals surface area contributed by atoms with Crippen molar-refractivity contribution in [1.82, 2.24) is 10.2 Å². The Morgan fingerprint density at radius 1 is 1.39 bits per heavy atom. The fourth-order valence-electron chi connectivity index (χ4n) is 1.47. The maximum absolute atomic E-state index is 13.1. The summed E-state index contributed by atoms with van der Waals surface area (Å²) in [5.74, 6) is -2.95. The van der Waals surface area contributed by atoms with Crippen molar-refractivity contribution in [2.24, 2.45) is 0 Å². The van der Waals surface area contributed by atoms with Gasteiger partial charge in [-0.05, 0) is 34.1 Å². The number of aromatic nitrogens is 2. The highest BCUT2D eigenvalue weighted by atomic mass is 79.9. The van der Waals surface area contributed by atoms with Gasteiger partial charge in [0, 0.05) is 5.56 Å². The normalized spacial score (nSPS) is 10.6. The van der Waals surface area contributed by atoms with Crippen LogP contribution in [0.2, 0.25) is 0 Å². The van der Waals surface area contributed by atoms with Crippen molar-refractivity contribution < 1.29 is 18.7 Å². The summed E-state index contributed by atoms with van der Waals surface area (Å²) in [4.78, 5) is 10.6. The number of nitrogens with zero attached hydrogens (tertiary/aromatic N) is 1. The number of hydrogen-bond donors (Lipinski definition) is 2. The van der Waals surface area contributed by atoms with Gasteiger partial charge in [0.2, 0.25) is 0 Å². The molecule has 0 saturated heterocycles. The Bertz CT molecular complexity index is 613. The number of nitrogens with one attached hydrogen (secondary N) is 1. The zero-order chi connectivity index (χ0) is 13.3. The molecule has 0 radical (unpaired) electrons. The quantitative estimate of drug-likeness (QED) is 0.915. The lowest BCUT2D eigenvalue weighted by atomic mass is 10.1. The molecule has 0 unspecified atom stereocenters. The SMILES string of the molecule is O=C(O)Cc1[nH]nc(-c2ccc(F)c(F)c2)c1Br. The minimum atomic E-state index is -1.02. The molecule has 1 aromatic heterocycles. The van der Waals surface area contributed by atoms with Crippen molar-refractivity contribution >= 4 is 21.9 Å². The number of aromatic amines is 1. The van der Waals surface area contributed by atoms with E-state index in [-0.39, 0.29) is 6.42 Å². The number of rotatable bonds is 3.